The molecule has 0 aliphatic rings. The summed E-state index contributed by atoms with van der Waals surface area (Å²) >= 11 is 3.12. The highest BCUT2D eigenvalue weighted by Gasteiger charge is 2.17. The number of hydrogen-bond acceptors (Lipinski definition) is 6. The number of nitrogens with one attached hydrogen (secondary N) is 1. The number of hydrogen-bond donors (Lipinski definition) is 1. The van der Waals surface area contributed by atoms with Crippen molar-refractivity contribution in [2.75, 3.05) is 4.72 Å². The van der Waals surface area contributed by atoms with Crippen molar-refractivity contribution < 1.29 is 13.2 Å². The summed E-state index contributed by atoms with van der Waals surface area (Å²) in [5, 5.41) is 1.99. The summed E-state index contributed by atoms with van der Waals surface area (Å²) in [6.07, 6.45) is 0. The molecule has 0 spiro atoms. The molecular formula is C19H18N2O3S3. The number of carbonyl (C=O) groups excluding carboxylic acids is 1. The normalized spacial score (nSPS) is 11.4. The summed E-state index contributed by atoms with van der Waals surface area (Å²) in [5.74, 6) is -0.179. The van der Waals surface area contributed by atoms with E-state index in [2.05, 4.69) is 9.71 Å². The molecule has 1 N–H and O–H groups in total. The number of benzene rings is 2. The maximum atomic E-state index is 12.7. The molecule has 0 aliphatic carbocycles. The van der Waals surface area contributed by atoms with Gasteiger partial charge in [-0.2, -0.15) is 0 Å². The molecule has 1 heterocycles. The molecule has 8 heteroatoms. The molecule has 0 fully saturated rings. The first kappa shape index (κ1) is 19.6. The van der Waals surface area contributed by atoms with E-state index in [9.17, 15) is 13.2 Å². The lowest BCUT2D eigenvalue weighted by atomic mass is 10.2. The first-order valence-electron chi connectivity index (χ1n) is 8.09. The van der Waals surface area contributed by atoms with Gasteiger partial charge in [-0.15, -0.1) is 11.3 Å². The van der Waals surface area contributed by atoms with Gasteiger partial charge in [0.05, 0.1) is 10.6 Å². The molecule has 0 radical (unpaired) electrons. The molecule has 0 aliphatic heterocycles. The number of aromatic nitrogens is 1. The largest absolute Gasteiger partial charge is 0.295 e. The van der Waals surface area contributed by atoms with E-state index in [0.717, 1.165) is 20.5 Å². The van der Waals surface area contributed by atoms with Crippen LogP contribution in [-0.4, -0.2) is 19.2 Å². The fourth-order valence-corrected chi connectivity index (χ4v) is 5.47. The van der Waals surface area contributed by atoms with Crippen LogP contribution >= 0.6 is 23.1 Å². The van der Waals surface area contributed by atoms with Crippen LogP contribution in [0, 0.1) is 13.8 Å². The van der Waals surface area contributed by atoms with Crippen molar-refractivity contribution in [2.45, 2.75) is 34.9 Å². The van der Waals surface area contributed by atoms with Crippen LogP contribution in [0.2, 0.25) is 0 Å². The second-order valence-corrected chi connectivity index (χ2v) is 9.88. The van der Waals surface area contributed by atoms with E-state index in [0.29, 0.717) is 11.3 Å². The van der Waals surface area contributed by atoms with Gasteiger partial charge in [0.2, 0.25) is 0 Å². The number of thiazole rings is 1. The van der Waals surface area contributed by atoms with E-state index in [1.54, 1.807) is 41.3 Å². The Morgan fingerprint density at radius 2 is 1.93 bits per heavy atom. The van der Waals surface area contributed by atoms with Gasteiger partial charge in [0.1, 0.15) is 0 Å². The Bertz CT molecular complexity index is 1100. The van der Waals surface area contributed by atoms with E-state index in [1.165, 1.54) is 19.1 Å². The number of aryl methyl sites for hydroxylation is 2. The van der Waals surface area contributed by atoms with Crippen molar-refractivity contribution in [3.63, 3.8) is 0 Å². The third-order valence-corrected chi connectivity index (χ3v) is 7.21. The van der Waals surface area contributed by atoms with Gasteiger partial charge in [-0.25, -0.2) is 13.4 Å². The topological polar surface area (TPSA) is 76.1 Å². The van der Waals surface area contributed by atoms with Crippen LogP contribution in [0.1, 0.15) is 28.5 Å². The average Bonchev–Trinajstić information content (AvgIpc) is 3.02. The van der Waals surface area contributed by atoms with Gasteiger partial charge in [0.25, 0.3) is 10.0 Å². The smallest absolute Gasteiger partial charge is 0.261 e. The second kappa shape index (κ2) is 7.84. The lowest BCUT2D eigenvalue weighted by molar-refractivity contribution is 0.101. The van der Waals surface area contributed by atoms with Crippen molar-refractivity contribution >= 4 is 44.6 Å². The maximum Gasteiger partial charge on any atom is 0.261 e. The fraction of sp³-hybridized carbons (Fsp3) is 0.158. The van der Waals surface area contributed by atoms with E-state index in [4.69, 9.17) is 0 Å². The highest BCUT2D eigenvalue weighted by molar-refractivity contribution is 8.01. The number of anilines is 1. The minimum Gasteiger partial charge on any atom is -0.295 e. The summed E-state index contributed by atoms with van der Waals surface area (Å²) in [6, 6.07) is 11.5. The zero-order chi connectivity index (χ0) is 19.6. The molecule has 27 heavy (non-hydrogen) atoms. The molecule has 0 bridgehead atoms. The number of Topliss-reactive ketones (excluding diaryl/α,β-unsaturated/α-hetero) is 1. The number of sulfonamides is 1. The molecule has 0 atom stereocenters. The Kier molecular flexibility index (Phi) is 5.69. The number of nitrogens with zero attached hydrogens (tertiary/aromatic N) is 1. The van der Waals surface area contributed by atoms with E-state index < -0.39 is 10.0 Å². The Morgan fingerprint density at radius 1 is 1.15 bits per heavy atom. The molecule has 140 valence electrons. The van der Waals surface area contributed by atoms with Crippen molar-refractivity contribution in [1.29, 1.82) is 0 Å². The van der Waals surface area contributed by atoms with Gasteiger partial charge in [0, 0.05) is 21.5 Å². The SMILES string of the molecule is CC(=O)c1cccc(S(=O)(=O)Nc2ccc(Sc3nc(C)cs3)cc2C)c1. The first-order chi connectivity index (χ1) is 12.7. The minimum absolute atomic E-state index is 0.0614. The molecule has 0 saturated carbocycles. The van der Waals surface area contributed by atoms with Crippen LogP contribution in [0.25, 0.3) is 0 Å². The van der Waals surface area contributed by atoms with Gasteiger partial charge in [0.15, 0.2) is 10.1 Å². The standard InChI is InChI=1S/C19H18N2O3S3/c1-12-9-16(26-19-20-13(2)11-25-19)7-8-18(12)21-27(23,24)17-6-4-5-15(10-17)14(3)22/h4-11,21H,1-3H3. The van der Waals surface area contributed by atoms with Crippen molar-refractivity contribution in [3.8, 4) is 0 Å². The molecule has 5 nitrogen and oxygen atoms in total. The molecule has 2 aromatic carbocycles. The predicted octanol–water partition coefficient (Wildman–Crippen LogP) is 4.91. The van der Waals surface area contributed by atoms with Gasteiger partial charge in [-0.1, -0.05) is 23.9 Å². The Balaban J connectivity index is 1.82. The van der Waals surface area contributed by atoms with Gasteiger partial charge >= 0.3 is 0 Å². The summed E-state index contributed by atoms with van der Waals surface area (Å²) in [7, 11) is -3.78. The fourth-order valence-electron chi connectivity index (χ4n) is 2.38. The molecule has 3 rings (SSSR count). The van der Waals surface area contributed by atoms with E-state index in [1.807, 2.05) is 31.4 Å². The van der Waals surface area contributed by atoms with Crippen LogP contribution in [0.3, 0.4) is 0 Å². The quantitative estimate of drug-likeness (QED) is 0.575. The molecule has 0 saturated heterocycles. The summed E-state index contributed by atoms with van der Waals surface area (Å²) in [4.78, 5) is 17.0. The van der Waals surface area contributed by atoms with Crippen LogP contribution < -0.4 is 4.72 Å². The predicted molar refractivity (Wildman–Crippen MR) is 109 cm³/mol. The third kappa shape index (κ3) is 4.77. The van der Waals surface area contributed by atoms with Crippen molar-refractivity contribution in [2.24, 2.45) is 0 Å². The van der Waals surface area contributed by atoms with Crippen LogP contribution in [0.15, 0.2) is 62.0 Å². The molecule has 0 unspecified atom stereocenters. The monoisotopic (exact) mass is 418 g/mol. The Hall–Kier alpha value is -2.16. The number of carbonyl (C=O) groups is 1. The van der Waals surface area contributed by atoms with Crippen molar-refractivity contribution in [3.05, 3.63) is 64.7 Å². The molecule has 1 aromatic heterocycles. The third-order valence-electron chi connectivity index (χ3n) is 3.80. The highest BCUT2D eigenvalue weighted by atomic mass is 32.2. The lowest BCUT2D eigenvalue weighted by Crippen LogP contribution is -2.14. The number of rotatable bonds is 6. The minimum atomic E-state index is -3.78. The van der Waals surface area contributed by atoms with Crippen LogP contribution in [0.5, 0.6) is 0 Å². The first-order valence-corrected chi connectivity index (χ1v) is 11.3. The van der Waals surface area contributed by atoms with Crippen molar-refractivity contribution in [1.82, 2.24) is 4.98 Å². The maximum absolute atomic E-state index is 12.7. The molecule has 3 aromatic rings. The lowest BCUT2D eigenvalue weighted by Gasteiger charge is -2.12. The van der Waals surface area contributed by atoms with Crippen LogP contribution in [-0.2, 0) is 10.0 Å². The van der Waals surface area contributed by atoms with Gasteiger partial charge in [-0.3, -0.25) is 9.52 Å². The van der Waals surface area contributed by atoms with Gasteiger partial charge in [-0.05, 0) is 56.7 Å². The molecular weight excluding hydrogens is 400 g/mol. The zero-order valence-electron chi connectivity index (χ0n) is 15.0. The summed E-state index contributed by atoms with van der Waals surface area (Å²) < 4.78 is 28.9. The molecule has 0 amide bonds. The second-order valence-electron chi connectivity index (χ2n) is 6.02. The van der Waals surface area contributed by atoms with Gasteiger partial charge < -0.3 is 0 Å². The van der Waals surface area contributed by atoms with E-state index in [-0.39, 0.29) is 10.7 Å². The Morgan fingerprint density at radius 3 is 2.56 bits per heavy atom. The summed E-state index contributed by atoms with van der Waals surface area (Å²) in [5.41, 5.74) is 2.65. The number of ketones is 1. The van der Waals surface area contributed by atoms with Crippen LogP contribution in [0.4, 0.5) is 5.69 Å². The average molecular weight is 419 g/mol. The zero-order valence-corrected chi connectivity index (χ0v) is 17.5. The highest BCUT2D eigenvalue weighted by Crippen LogP contribution is 2.32. The Labute approximate surface area is 166 Å². The van der Waals surface area contributed by atoms with E-state index >= 15 is 0 Å². The summed E-state index contributed by atoms with van der Waals surface area (Å²) in [6.45, 7) is 5.20.